The first-order valence-electron chi connectivity index (χ1n) is 8.75. The van der Waals surface area contributed by atoms with E-state index < -0.39 is 0 Å². The molecule has 6 heteroatoms. The third-order valence-electron chi connectivity index (χ3n) is 4.71. The molecule has 2 aromatic carbocycles. The van der Waals surface area contributed by atoms with Crippen LogP contribution in [0.2, 0.25) is 5.02 Å². The van der Waals surface area contributed by atoms with Crippen LogP contribution in [0, 0.1) is 5.82 Å². The summed E-state index contributed by atoms with van der Waals surface area (Å²) in [5.74, 6) is 1.08. The lowest BCUT2D eigenvalue weighted by Crippen LogP contribution is -2.33. The first-order chi connectivity index (χ1) is 12.6. The lowest BCUT2D eigenvalue weighted by atomic mass is 9.94. The molecule has 0 saturated carbocycles. The topological polar surface area (TPSA) is 33.7 Å². The highest BCUT2D eigenvalue weighted by molar-refractivity contribution is 6.30. The molecule has 0 spiro atoms. The van der Waals surface area contributed by atoms with Crippen LogP contribution < -0.4 is 14.8 Å². The number of methoxy groups -OCH3 is 2. The molecule has 1 unspecified atom stereocenters. The van der Waals surface area contributed by atoms with Gasteiger partial charge in [-0.15, -0.1) is 0 Å². The zero-order chi connectivity index (χ0) is 18.5. The van der Waals surface area contributed by atoms with Crippen molar-refractivity contribution in [3.8, 4) is 11.5 Å². The molecule has 0 aromatic heterocycles. The number of ether oxygens (including phenoxy) is 2. The Hall–Kier alpha value is -1.82. The maximum absolute atomic E-state index is 14.1. The van der Waals surface area contributed by atoms with E-state index in [1.807, 2.05) is 12.1 Å². The average molecular weight is 379 g/mol. The van der Waals surface area contributed by atoms with Gasteiger partial charge in [0.25, 0.3) is 0 Å². The van der Waals surface area contributed by atoms with Gasteiger partial charge < -0.3 is 14.8 Å². The summed E-state index contributed by atoms with van der Waals surface area (Å²) in [6.07, 6.45) is 1.01. The van der Waals surface area contributed by atoms with Gasteiger partial charge in [0.1, 0.15) is 17.3 Å². The second kappa shape index (κ2) is 8.71. The molecule has 1 saturated heterocycles. The summed E-state index contributed by atoms with van der Waals surface area (Å²) < 4.78 is 25.3. The molecule has 1 heterocycles. The Morgan fingerprint density at radius 2 is 1.69 bits per heavy atom. The fraction of sp³-hybridized carbons (Fsp3) is 0.400. The van der Waals surface area contributed by atoms with E-state index in [1.165, 1.54) is 6.07 Å². The molecular formula is C20H24ClFN2O2. The predicted octanol–water partition coefficient (Wildman–Crippen LogP) is 3.88. The van der Waals surface area contributed by atoms with Crippen molar-refractivity contribution in [2.45, 2.75) is 12.5 Å². The maximum atomic E-state index is 14.1. The van der Waals surface area contributed by atoms with Gasteiger partial charge in [0.05, 0.1) is 20.3 Å². The van der Waals surface area contributed by atoms with Crippen LogP contribution in [0.15, 0.2) is 36.4 Å². The summed E-state index contributed by atoms with van der Waals surface area (Å²) in [6.45, 7) is 3.56. The van der Waals surface area contributed by atoms with Crippen molar-refractivity contribution in [1.29, 1.82) is 0 Å². The quantitative estimate of drug-likeness (QED) is 0.856. The van der Waals surface area contributed by atoms with Crippen molar-refractivity contribution in [2.75, 3.05) is 40.4 Å². The molecule has 2 aromatic rings. The fourth-order valence-electron chi connectivity index (χ4n) is 3.52. The molecule has 1 aliphatic heterocycles. The fourth-order valence-corrected chi connectivity index (χ4v) is 3.70. The van der Waals surface area contributed by atoms with Crippen LogP contribution >= 0.6 is 11.6 Å². The molecule has 0 amide bonds. The van der Waals surface area contributed by atoms with Gasteiger partial charge in [-0.2, -0.15) is 0 Å². The largest absolute Gasteiger partial charge is 0.496 e. The highest BCUT2D eigenvalue weighted by Crippen LogP contribution is 2.40. The predicted molar refractivity (Wildman–Crippen MR) is 102 cm³/mol. The van der Waals surface area contributed by atoms with E-state index in [9.17, 15) is 4.39 Å². The maximum Gasteiger partial charge on any atom is 0.124 e. The van der Waals surface area contributed by atoms with E-state index in [0.29, 0.717) is 10.8 Å². The molecule has 1 N–H and O–H groups in total. The monoisotopic (exact) mass is 378 g/mol. The third-order valence-corrected chi connectivity index (χ3v) is 4.95. The van der Waals surface area contributed by atoms with E-state index in [4.69, 9.17) is 21.1 Å². The van der Waals surface area contributed by atoms with Gasteiger partial charge >= 0.3 is 0 Å². The van der Waals surface area contributed by atoms with Crippen LogP contribution in [0.3, 0.4) is 0 Å². The minimum absolute atomic E-state index is 0.214. The van der Waals surface area contributed by atoms with Crippen LogP contribution in [-0.4, -0.2) is 45.3 Å². The van der Waals surface area contributed by atoms with Crippen molar-refractivity contribution >= 4 is 11.6 Å². The van der Waals surface area contributed by atoms with Crippen LogP contribution in [0.25, 0.3) is 0 Å². The van der Waals surface area contributed by atoms with Crippen molar-refractivity contribution in [3.05, 3.63) is 58.4 Å². The van der Waals surface area contributed by atoms with E-state index in [2.05, 4.69) is 10.2 Å². The Morgan fingerprint density at radius 3 is 2.42 bits per heavy atom. The number of rotatable bonds is 5. The summed E-state index contributed by atoms with van der Waals surface area (Å²) in [5.41, 5.74) is 1.68. The third kappa shape index (κ3) is 4.11. The van der Waals surface area contributed by atoms with E-state index in [0.717, 1.165) is 49.5 Å². The number of hydrogen-bond donors (Lipinski definition) is 1. The van der Waals surface area contributed by atoms with E-state index >= 15 is 0 Å². The summed E-state index contributed by atoms with van der Waals surface area (Å²) in [6, 6.07) is 9.97. The Balaban J connectivity index is 2.17. The Labute approximate surface area is 158 Å². The normalized spacial score (nSPS) is 16.8. The number of hydrogen-bond acceptors (Lipinski definition) is 4. The SMILES string of the molecule is COc1ccc(F)cc1C(c1cc(Cl)ccc1OC)N1CCCNCC1. The van der Waals surface area contributed by atoms with Gasteiger partial charge in [0, 0.05) is 35.8 Å². The number of nitrogens with zero attached hydrogens (tertiary/aromatic N) is 1. The molecule has 0 aliphatic carbocycles. The van der Waals surface area contributed by atoms with Crippen molar-refractivity contribution in [1.82, 2.24) is 10.2 Å². The Kier molecular flexibility index (Phi) is 6.35. The minimum Gasteiger partial charge on any atom is -0.496 e. The molecule has 26 heavy (non-hydrogen) atoms. The van der Waals surface area contributed by atoms with Crippen molar-refractivity contribution in [3.63, 3.8) is 0 Å². The number of benzene rings is 2. The van der Waals surface area contributed by atoms with Gasteiger partial charge in [-0.3, -0.25) is 4.90 Å². The Morgan fingerprint density at radius 1 is 1.00 bits per heavy atom. The molecule has 1 fully saturated rings. The van der Waals surface area contributed by atoms with Crippen LogP contribution in [0.4, 0.5) is 4.39 Å². The molecule has 140 valence electrons. The molecule has 4 nitrogen and oxygen atoms in total. The number of nitrogens with one attached hydrogen (secondary N) is 1. The van der Waals surface area contributed by atoms with E-state index in [-0.39, 0.29) is 11.9 Å². The van der Waals surface area contributed by atoms with Crippen molar-refractivity contribution in [2.24, 2.45) is 0 Å². The molecule has 1 atom stereocenters. The summed E-state index contributed by atoms with van der Waals surface area (Å²) in [7, 11) is 3.24. The molecule has 3 rings (SSSR count). The molecule has 0 radical (unpaired) electrons. The van der Waals surface area contributed by atoms with Crippen LogP contribution in [0.5, 0.6) is 11.5 Å². The second-order valence-corrected chi connectivity index (χ2v) is 6.75. The summed E-state index contributed by atoms with van der Waals surface area (Å²) >= 11 is 6.29. The first-order valence-corrected chi connectivity index (χ1v) is 9.13. The average Bonchev–Trinajstić information content (AvgIpc) is 2.92. The smallest absolute Gasteiger partial charge is 0.124 e. The van der Waals surface area contributed by atoms with Gasteiger partial charge in [-0.25, -0.2) is 4.39 Å². The summed E-state index contributed by atoms with van der Waals surface area (Å²) in [4.78, 5) is 2.32. The molecule has 1 aliphatic rings. The van der Waals surface area contributed by atoms with Gasteiger partial charge in [0.2, 0.25) is 0 Å². The molecule has 0 bridgehead atoms. The van der Waals surface area contributed by atoms with Crippen LogP contribution in [0.1, 0.15) is 23.6 Å². The first kappa shape index (κ1) is 19.0. The van der Waals surface area contributed by atoms with Crippen LogP contribution in [-0.2, 0) is 0 Å². The highest BCUT2D eigenvalue weighted by atomic mass is 35.5. The van der Waals surface area contributed by atoms with Gasteiger partial charge in [0.15, 0.2) is 0 Å². The van der Waals surface area contributed by atoms with E-state index in [1.54, 1.807) is 32.4 Å². The lowest BCUT2D eigenvalue weighted by Gasteiger charge is -2.33. The second-order valence-electron chi connectivity index (χ2n) is 6.31. The van der Waals surface area contributed by atoms with Gasteiger partial charge in [-0.1, -0.05) is 11.6 Å². The summed E-state index contributed by atoms with van der Waals surface area (Å²) in [5, 5.41) is 4.03. The zero-order valence-electron chi connectivity index (χ0n) is 15.1. The van der Waals surface area contributed by atoms with Gasteiger partial charge in [-0.05, 0) is 49.4 Å². The zero-order valence-corrected chi connectivity index (χ0v) is 15.9. The number of halogens is 2. The lowest BCUT2D eigenvalue weighted by molar-refractivity contribution is 0.231. The Bertz CT molecular complexity index is 695. The highest BCUT2D eigenvalue weighted by Gasteiger charge is 2.29. The minimum atomic E-state index is -0.292. The van der Waals surface area contributed by atoms with Crippen molar-refractivity contribution < 1.29 is 13.9 Å². The molecular weight excluding hydrogens is 355 g/mol. The standard InChI is InChI=1S/C20H24ClFN2O2/c1-25-18-6-4-14(21)12-16(18)20(24-10-3-8-23-9-11-24)17-13-15(22)5-7-19(17)26-2/h4-7,12-13,20,23H,3,8-11H2,1-2H3.